The summed E-state index contributed by atoms with van der Waals surface area (Å²) in [5, 5.41) is 3.22. The SMILES string of the molecule is CCC1CS(=O)(=O)c2cccc(OC)c2N1. The average molecular weight is 241 g/mol. The number of rotatable bonds is 2. The molecule has 0 saturated carbocycles. The van der Waals surface area contributed by atoms with Gasteiger partial charge in [0.25, 0.3) is 0 Å². The molecule has 1 aliphatic rings. The molecule has 0 aromatic heterocycles. The van der Waals surface area contributed by atoms with E-state index in [0.29, 0.717) is 16.3 Å². The largest absolute Gasteiger partial charge is 0.495 e. The predicted octanol–water partition coefficient (Wildman–Crippen LogP) is 1.67. The second-order valence-electron chi connectivity index (χ2n) is 3.86. The van der Waals surface area contributed by atoms with E-state index in [0.717, 1.165) is 6.42 Å². The molecule has 0 radical (unpaired) electrons. The predicted molar refractivity (Wildman–Crippen MR) is 62.7 cm³/mol. The van der Waals surface area contributed by atoms with Crippen molar-refractivity contribution in [2.24, 2.45) is 0 Å². The maximum absolute atomic E-state index is 12.0. The maximum Gasteiger partial charge on any atom is 0.182 e. The Morgan fingerprint density at radius 2 is 2.25 bits per heavy atom. The van der Waals surface area contributed by atoms with Crippen LogP contribution in [0.25, 0.3) is 0 Å². The van der Waals surface area contributed by atoms with Crippen LogP contribution in [0.2, 0.25) is 0 Å². The minimum Gasteiger partial charge on any atom is -0.495 e. The van der Waals surface area contributed by atoms with Crippen LogP contribution < -0.4 is 10.1 Å². The molecule has 2 rings (SSSR count). The molecule has 1 aliphatic heterocycles. The van der Waals surface area contributed by atoms with E-state index in [1.165, 1.54) is 0 Å². The minimum atomic E-state index is -3.18. The zero-order valence-electron chi connectivity index (χ0n) is 9.36. The molecule has 1 heterocycles. The van der Waals surface area contributed by atoms with E-state index in [1.807, 2.05) is 6.92 Å². The summed E-state index contributed by atoms with van der Waals surface area (Å²) >= 11 is 0. The van der Waals surface area contributed by atoms with Gasteiger partial charge in [0.15, 0.2) is 9.84 Å². The monoisotopic (exact) mass is 241 g/mol. The molecule has 1 aromatic carbocycles. The van der Waals surface area contributed by atoms with Gasteiger partial charge in [-0.2, -0.15) is 0 Å². The summed E-state index contributed by atoms with van der Waals surface area (Å²) in [4.78, 5) is 0.344. The Bertz CT molecular complexity index is 496. The van der Waals surface area contributed by atoms with E-state index >= 15 is 0 Å². The van der Waals surface area contributed by atoms with E-state index in [9.17, 15) is 8.42 Å². The van der Waals surface area contributed by atoms with E-state index in [-0.39, 0.29) is 11.8 Å². The molecule has 0 saturated heterocycles. The molecule has 1 aromatic rings. The molecule has 0 amide bonds. The van der Waals surface area contributed by atoms with E-state index in [2.05, 4.69) is 5.32 Å². The number of fused-ring (bicyclic) bond motifs is 1. The van der Waals surface area contributed by atoms with Gasteiger partial charge in [-0.1, -0.05) is 13.0 Å². The lowest BCUT2D eigenvalue weighted by molar-refractivity contribution is 0.414. The molecule has 5 heteroatoms. The van der Waals surface area contributed by atoms with Crippen molar-refractivity contribution in [3.8, 4) is 5.75 Å². The lowest BCUT2D eigenvalue weighted by Gasteiger charge is -2.27. The highest BCUT2D eigenvalue weighted by Gasteiger charge is 2.30. The van der Waals surface area contributed by atoms with E-state index in [1.54, 1.807) is 25.3 Å². The number of methoxy groups -OCH3 is 1. The summed E-state index contributed by atoms with van der Waals surface area (Å²) in [6.45, 7) is 1.97. The molecule has 88 valence electrons. The van der Waals surface area contributed by atoms with E-state index in [4.69, 9.17) is 4.74 Å². The summed E-state index contributed by atoms with van der Waals surface area (Å²) in [6, 6.07) is 5.04. The van der Waals surface area contributed by atoms with Gasteiger partial charge in [0.05, 0.1) is 23.4 Å². The number of nitrogens with one attached hydrogen (secondary N) is 1. The summed E-state index contributed by atoms with van der Waals surface area (Å²) in [5.74, 6) is 0.739. The Hall–Kier alpha value is -1.23. The van der Waals surface area contributed by atoms with Crippen molar-refractivity contribution in [2.75, 3.05) is 18.2 Å². The first kappa shape index (κ1) is 11.3. The fourth-order valence-electron chi connectivity index (χ4n) is 1.90. The van der Waals surface area contributed by atoms with Gasteiger partial charge in [0.1, 0.15) is 5.75 Å². The van der Waals surface area contributed by atoms with Crippen LogP contribution >= 0.6 is 0 Å². The van der Waals surface area contributed by atoms with Crippen molar-refractivity contribution in [3.05, 3.63) is 18.2 Å². The van der Waals surface area contributed by atoms with Crippen LogP contribution in [-0.2, 0) is 9.84 Å². The molecule has 0 spiro atoms. The second-order valence-corrected chi connectivity index (χ2v) is 5.87. The number of benzene rings is 1. The summed E-state index contributed by atoms with van der Waals surface area (Å²) in [7, 11) is -1.64. The number of ether oxygens (including phenoxy) is 1. The Kier molecular flexibility index (Phi) is 2.80. The van der Waals surface area contributed by atoms with Gasteiger partial charge in [0, 0.05) is 6.04 Å². The summed E-state index contributed by atoms with van der Waals surface area (Å²) < 4.78 is 29.2. The van der Waals surface area contributed by atoms with Crippen LogP contribution in [0.1, 0.15) is 13.3 Å². The first-order chi connectivity index (χ1) is 7.58. The van der Waals surface area contributed by atoms with Crippen LogP contribution in [0.3, 0.4) is 0 Å². The number of hydrogen-bond acceptors (Lipinski definition) is 4. The lowest BCUT2D eigenvalue weighted by Crippen LogP contribution is -2.33. The highest BCUT2D eigenvalue weighted by molar-refractivity contribution is 7.91. The minimum absolute atomic E-state index is 0.0335. The third kappa shape index (κ3) is 1.75. The Morgan fingerprint density at radius 3 is 2.88 bits per heavy atom. The number of para-hydroxylation sites is 1. The maximum atomic E-state index is 12.0. The van der Waals surface area contributed by atoms with Crippen LogP contribution in [0, 0.1) is 0 Å². The molecule has 1 atom stereocenters. The van der Waals surface area contributed by atoms with Gasteiger partial charge in [-0.15, -0.1) is 0 Å². The van der Waals surface area contributed by atoms with Crippen molar-refractivity contribution < 1.29 is 13.2 Å². The third-order valence-corrected chi connectivity index (χ3v) is 4.66. The van der Waals surface area contributed by atoms with Crippen molar-refractivity contribution in [2.45, 2.75) is 24.3 Å². The number of sulfone groups is 1. The lowest BCUT2D eigenvalue weighted by atomic mass is 10.2. The van der Waals surface area contributed by atoms with Gasteiger partial charge in [-0.25, -0.2) is 8.42 Å². The Labute approximate surface area is 95.5 Å². The number of hydrogen-bond donors (Lipinski definition) is 1. The highest BCUT2D eigenvalue weighted by Crippen LogP contribution is 2.36. The third-order valence-electron chi connectivity index (χ3n) is 2.80. The fraction of sp³-hybridized carbons (Fsp3) is 0.455. The molecule has 0 aliphatic carbocycles. The number of anilines is 1. The molecule has 0 bridgehead atoms. The molecule has 1 unspecified atom stereocenters. The quantitative estimate of drug-likeness (QED) is 0.855. The van der Waals surface area contributed by atoms with Crippen molar-refractivity contribution in [3.63, 3.8) is 0 Å². The summed E-state index contributed by atoms with van der Waals surface area (Å²) in [5.41, 5.74) is 0.600. The first-order valence-corrected chi connectivity index (χ1v) is 6.90. The van der Waals surface area contributed by atoms with Crippen LogP contribution in [0.5, 0.6) is 5.75 Å². The molecule has 0 fully saturated rings. The molecular weight excluding hydrogens is 226 g/mol. The van der Waals surface area contributed by atoms with Gasteiger partial charge in [-0.05, 0) is 18.6 Å². The molecule has 1 N–H and O–H groups in total. The highest BCUT2D eigenvalue weighted by atomic mass is 32.2. The fourth-order valence-corrected chi connectivity index (χ4v) is 3.69. The van der Waals surface area contributed by atoms with Gasteiger partial charge in [0.2, 0.25) is 0 Å². The average Bonchev–Trinajstić information content (AvgIpc) is 2.27. The second kappa shape index (κ2) is 3.97. The van der Waals surface area contributed by atoms with Crippen LogP contribution in [-0.4, -0.2) is 27.3 Å². The Balaban J connectivity index is 2.59. The standard InChI is InChI=1S/C11H15NO3S/c1-3-8-7-16(13,14)10-6-4-5-9(15-2)11(10)12-8/h4-6,8,12H,3,7H2,1-2H3. The van der Waals surface area contributed by atoms with Gasteiger partial charge >= 0.3 is 0 Å². The van der Waals surface area contributed by atoms with Crippen LogP contribution in [0.4, 0.5) is 5.69 Å². The topological polar surface area (TPSA) is 55.4 Å². The zero-order chi connectivity index (χ0) is 11.8. The van der Waals surface area contributed by atoms with E-state index < -0.39 is 9.84 Å². The Morgan fingerprint density at radius 1 is 1.50 bits per heavy atom. The van der Waals surface area contributed by atoms with Crippen molar-refractivity contribution in [1.82, 2.24) is 0 Å². The summed E-state index contributed by atoms with van der Waals surface area (Å²) in [6.07, 6.45) is 0.775. The normalized spacial score (nSPS) is 22.0. The zero-order valence-corrected chi connectivity index (χ0v) is 10.2. The van der Waals surface area contributed by atoms with Crippen LogP contribution in [0.15, 0.2) is 23.1 Å². The first-order valence-electron chi connectivity index (χ1n) is 5.24. The molecular formula is C11H15NO3S. The van der Waals surface area contributed by atoms with Crippen molar-refractivity contribution >= 4 is 15.5 Å². The van der Waals surface area contributed by atoms with Crippen molar-refractivity contribution in [1.29, 1.82) is 0 Å². The smallest absolute Gasteiger partial charge is 0.182 e. The molecule has 16 heavy (non-hydrogen) atoms. The van der Waals surface area contributed by atoms with Gasteiger partial charge in [-0.3, -0.25) is 0 Å². The molecule has 4 nitrogen and oxygen atoms in total. The van der Waals surface area contributed by atoms with Gasteiger partial charge < -0.3 is 10.1 Å².